The Bertz CT molecular complexity index is 754. The largest absolute Gasteiger partial charge is 0.376 e. The molecule has 0 spiro atoms. The number of halogens is 1. The molecule has 2 atom stereocenters. The van der Waals surface area contributed by atoms with E-state index in [0.717, 1.165) is 24.6 Å². The van der Waals surface area contributed by atoms with Crippen LogP contribution in [0.4, 0.5) is 4.39 Å². The van der Waals surface area contributed by atoms with Gasteiger partial charge in [0, 0.05) is 12.0 Å². The van der Waals surface area contributed by atoms with Gasteiger partial charge >= 0.3 is 5.69 Å². The van der Waals surface area contributed by atoms with E-state index in [0.29, 0.717) is 13.2 Å². The minimum atomic E-state index is -0.975. The SMILES string of the molecule is O=c1[nH]c(=O)n([C@@H]2CC[C@@H]2COCc2ccccc2)cc1F. The predicted molar refractivity (Wildman–Crippen MR) is 79.1 cm³/mol. The second kappa shape index (κ2) is 6.27. The molecule has 0 radical (unpaired) electrons. The zero-order valence-corrected chi connectivity index (χ0v) is 12.0. The number of ether oxygens (including phenoxy) is 1. The number of aromatic amines is 1. The van der Waals surface area contributed by atoms with Crippen LogP contribution in [0, 0.1) is 11.7 Å². The van der Waals surface area contributed by atoms with E-state index in [1.54, 1.807) is 0 Å². The van der Waals surface area contributed by atoms with Gasteiger partial charge in [-0.15, -0.1) is 0 Å². The van der Waals surface area contributed by atoms with Crippen molar-refractivity contribution in [2.45, 2.75) is 25.5 Å². The topological polar surface area (TPSA) is 64.1 Å². The van der Waals surface area contributed by atoms with Gasteiger partial charge in [0.2, 0.25) is 5.82 Å². The fraction of sp³-hybridized carbons (Fsp3) is 0.375. The van der Waals surface area contributed by atoms with Gasteiger partial charge in [0.05, 0.1) is 19.4 Å². The zero-order valence-electron chi connectivity index (χ0n) is 12.0. The lowest BCUT2D eigenvalue weighted by atomic mass is 9.80. The minimum Gasteiger partial charge on any atom is -0.376 e. The maximum atomic E-state index is 13.3. The van der Waals surface area contributed by atoms with E-state index in [2.05, 4.69) is 0 Å². The van der Waals surface area contributed by atoms with Gasteiger partial charge in [-0.3, -0.25) is 14.3 Å². The molecule has 6 heteroatoms. The molecule has 1 heterocycles. The molecule has 0 aliphatic heterocycles. The molecule has 2 aromatic rings. The Morgan fingerprint density at radius 3 is 2.68 bits per heavy atom. The average Bonchev–Trinajstić information content (AvgIpc) is 2.49. The molecular weight excluding hydrogens is 287 g/mol. The number of H-pyrrole nitrogens is 1. The molecule has 0 bridgehead atoms. The number of nitrogens with one attached hydrogen (secondary N) is 1. The molecule has 5 nitrogen and oxygen atoms in total. The van der Waals surface area contributed by atoms with Crippen molar-refractivity contribution >= 4 is 0 Å². The first-order chi connectivity index (χ1) is 10.6. The molecule has 1 aliphatic carbocycles. The highest BCUT2D eigenvalue weighted by molar-refractivity contribution is 5.13. The second-order valence-corrected chi connectivity index (χ2v) is 5.55. The number of hydrogen-bond donors (Lipinski definition) is 1. The fourth-order valence-corrected chi connectivity index (χ4v) is 2.72. The standard InChI is InChI=1S/C16H17FN2O3/c17-13-8-19(16(21)18-15(13)20)14-7-6-12(14)10-22-9-11-4-2-1-3-5-11/h1-5,8,12,14H,6-7,9-10H2,(H,18,20,21)/t12-,14-/m1/s1. The lowest BCUT2D eigenvalue weighted by Gasteiger charge is -2.37. The number of aromatic nitrogens is 2. The van der Waals surface area contributed by atoms with E-state index in [9.17, 15) is 14.0 Å². The molecule has 116 valence electrons. The fourth-order valence-electron chi connectivity index (χ4n) is 2.72. The minimum absolute atomic E-state index is 0.116. The van der Waals surface area contributed by atoms with Crippen LogP contribution in [0.3, 0.4) is 0 Å². The van der Waals surface area contributed by atoms with Gasteiger partial charge in [-0.1, -0.05) is 30.3 Å². The predicted octanol–water partition coefficient (Wildman–Crippen LogP) is 1.84. The molecule has 0 saturated heterocycles. The summed E-state index contributed by atoms with van der Waals surface area (Å²) < 4.78 is 20.3. The molecule has 0 unspecified atom stereocenters. The van der Waals surface area contributed by atoms with E-state index >= 15 is 0 Å². The quantitative estimate of drug-likeness (QED) is 0.917. The van der Waals surface area contributed by atoms with Gasteiger partial charge < -0.3 is 4.74 Å². The van der Waals surface area contributed by atoms with Crippen LogP contribution in [0.1, 0.15) is 24.4 Å². The molecule has 1 aromatic carbocycles. The molecular formula is C16H17FN2O3. The van der Waals surface area contributed by atoms with Gasteiger partial charge in [0.1, 0.15) is 0 Å². The normalized spacial score (nSPS) is 20.6. The smallest absolute Gasteiger partial charge is 0.328 e. The lowest BCUT2D eigenvalue weighted by Crippen LogP contribution is -2.41. The summed E-state index contributed by atoms with van der Waals surface area (Å²) in [6.45, 7) is 1.02. The molecule has 22 heavy (non-hydrogen) atoms. The van der Waals surface area contributed by atoms with Gasteiger partial charge in [0.15, 0.2) is 0 Å². The summed E-state index contributed by atoms with van der Waals surface area (Å²) >= 11 is 0. The van der Waals surface area contributed by atoms with E-state index < -0.39 is 17.1 Å². The van der Waals surface area contributed by atoms with Crippen molar-refractivity contribution in [3.63, 3.8) is 0 Å². The van der Waals surface area contributed by atoms with E-state index in [1.807, 2.05) is 35.3 Å². The molecule has 1 aliphatic rings. The molecule has 1 aromatic heterocycles. The van der Waals surface area contributed by atoms with Crippen LogP contribution in [0.25, 0.3) is 0 Å². The highest BCUT2D eigenvalue weighted by Crippen LogP contribution is 2.37. The summed E-state index contributed by atoms with van der Waals surface area (Å²) in [5.41, 5.74) is -0.452. The highest BCUT2D eigenvalue weighted by atomic mass is 19.1. The van der Waals surface area contributed by atoms with Crippen molar-refractivity contribution in [2.24, 2.45) is 5.92 Å². The van der Waals surface area contributed by atoms with Crippen LogP contribution in [0.5, 0.6) is 0 Å². The number of hydrogen-bond acceptors (Lipinski definition) is 3. The molecule has 1 N–H and O–H groups in total. The van der Waals surface area contributed by atoms with Crippen molar-refractivity contribution < 1.29 is 9.13 Å². The summed E-state index contributed by atoms with van der Waals surface area (Å²) in [6, 6.07) is 9.71. The van der Waals surface area contributed by atoms with E-state index in [4.69, 9.17) is 4.74 Å². The zero-order chi connectivity index (χ0) is 15.5. The van der Waals surface area contributed by atoms with Crippen LogP contribution >= 0.6 is 0 Å². The first kappa shape index (κ1) is 14.7. The summed E-state index contributed by atoms with van der Waals surface area (Å²) in [5.74, 6) is -0.776. The van der Waals surface area contributed by atoms with E-state index in [1.165, 1.54) is 4.57 Å². The van der Waals surface area contributed by atoms with Crippen molar-refractivity contribution in [2.75, 3.05) is 6.61 Å². The Hall–Kier alpha value is -2.21. The Morgan fingerprint density at radius 2 is 2.00 bits per heavy atom. The lowest BCUT2D eigenvalue weighted by molar-refractivity contribution is 0.0262. The third-order valence-electron chi connectivity index (χ3n) is 4.10. The molecule has 1 fully saturated rings. The summed E-state index contributed by atoms with van der Waals surface area (Å²) in [7, 11) is 0. The Kier molecular flexibility index (Phi) is 4.20. The third-order valence-corrected chi connectivity index (χ3v) is 4.10. The average molecular weight is 304 g/mol. The maximum absolute atomic E-state index is 13.3. The molecule has 3 rings (SSSR count). The van der Waals surface area contributed by atoms with E-state index in [-0.39, 0.29) is 12.0 Å². The number of benzene rings is 1. The van der Waals surface area contributed by atoms with Crippen LogP contribution in [0.15, 0.2) is 46.1 Å². The maximum Gasteiger partial charge on any atom is 0.328 e. The number of rotatable bonds is 5. The van der Waals surface area contributed by atoms with Crippen LogP contribution in [-0.2, 0) is 11.3 Å². The first-order valence-electron chi connectivity index (χ1n) is 7.28. The summed E-state index contributed by atoms with van der Waals surface area (Å²) in [5, 5.41) is 0. The Morgan fingerprint density at radius 1 is 1.23 bits per heavy atom. The third kappa shape index (κ3) is 3.01. The monoisotopic (exact) mass is 304 g/mol. The van der Waals surface area contributed by atoms with Gasteiger partial charge in [-0.05, 0) is 18.4 Å². The molecule has 0 amide bonds. The number of nitrogens with zero attached hydrogens (tertiary/aromatic N) is 1. The van der Waals surface area contributed by atoms with Gasteiger partial charge in [-0.25, -0.2) is 4.79 Å². The van der Waals surface area contributed by atoms with Crippen LogP contribution < -0.4 is 11.2 Å². The summed E-state index contributed by atoms with van der Waals surface area (Å²) in [4.78, 5) is 24.8. The summed E-state index contributed by atoms with van der Waals surface area (Å²) in [6.07, 6.45) is 2.70. The van der Waals surface area contributed by atoms with Gasteiger partial charge in [-0.2, -0.15) is 4.39 Å². The van der Waals surface area contributed by atoms with Crippen molar-refractivity contribution in [3.05, 3.63) is 68.7 Å². The van der Waals surface area contributed by atoms with Gasteiger partial charge in [0.25, 0.3) is 5.56 Å². The Labute approximate surface area is 126 Å². The van der Waals surface area contributed by atoms with Crippen LogP contribution in [0.2, 0.25) is 0 Å². The second-order valence-electron chi connectivity index (χ2n) is 5.55. The Balaban J connectivity index is 1.61. The highest BCUT2D eigenvalue weighted by Gasteiger charge is 2.33. The van der Waals surface area contributed by atoms with Crippen molar-refractivity contribution in [3.8, 4) is 0 Å². The van der Waals surface area contributed by atoms with Crippen LogP contribution in [-0.4, -0.2) is 16.2 Å². The van der Waals surface area contributed by atoms with Crippen molar-refractivity contribution in [1.82, 2.24) is 9.55 Å². The first-order valence-corrected chi connectivity index (χ1v) is 7.28. The molecule has 1 saturated carbocycles. The van der Waals surface area contributed by atoms with Crippen molar-refractivity contribution in [1.29, 1.82) is 0 Å².